The molecular weight excluding hydrogens is 1500 g/mol. The highest BCUT2D eigenvalue weighted by Gasteiger charge is 2.38. The van der Waals surface area contributed by atoms with Crippen LogP contribution in [0.25, 0.3) is 33.4 Å². The lowest BCUT2D eigenvalue weighted by Gasteiger charge is -2.38. The van der Waals surface area contributed by atoms with E-state index in [0.29, 0.717) is 68.1 Å². The molecule has 0 spiro atoms. The van der Waals surface area contributed by atoms with Crippen LogP contribution in [-0.4, -0.2) is 180 Å². The summed E-state index contributed by atoms with van der Waals surface area (Å²) in [6, 6.07) is 82.4. The van der Waals surface area contributed by atoms with E-state index in [-0.39, 0.29) is 36.2 Å². The van der Waals surface area contributed by atoms with Crippen molar-refractivity contribution in [1.29, 1.82) is 0 Å². The Morgan fingerprint density at radius 2 is 0.632 bits per heavy atom. The molecule has 0 atom stereocenters. The first-order valence-electron chi connectivity index (χ1n) is 42.2. The lowest BCUT2D eigenvalue weighted by atomic mass is 9.87. The monoisotopic (exact) mass is 1620 g/mol. The molecule has 14 rings (SSSR count). The number of rotatable bonds is 31. The fraction of sp³-hybridized carbons (Fsp3) is 0.378. The fourth-order valence-corrected chi connectivity index (χ4v) is 18.6. The van der Waals surface area contributed by atoms with Crippen LogP contribution in [0.2, 0.25) is 0 Å². The van der Waals surface area contributed by atoms with Crippen molar-refractivity contribution in [2.24, 2.45) is 0 Å². The van der Waals surface area contributed by atoms with E-state index in [4.69, 9.17) is 4.18 Å². The number of hydrogen-bond acceptors (Lipinski definition) is 15. The number of carbonyl (C=O) groups is 1. The van der Waals surface area contributed by atoms with Gasteiger partial charge in [-0.15, -0.1) is 0 Å². The predicted octanol–water partition coefficient (Wildman–Crippen LogP) is 17.6. The Hall–Kier alpha value is -9.67. The molecule has 1 amide bonds. The second kappa shape index (κ2) is 41.6. The quantitative estimate of drug-likeness (QED) is 0.0203. The number of nitrogens with one attached hydrogen (secondary N) is 2. The van der Waals surface area contributed by atoms with Crippen molar-refractivity contribution in [3.05, 3.63) is 287 Å². The Bertz CT molecular complexity index is 4740. The van der Waals surface area contributed by atoms with E-state index in [2.05, 4.69) is 214 Å². The number of aliphatic hydroxyl groups is 3. The third-order valence-corrected chi connectivity index (χ3v) is 26.5. The molecule has 618 valence electrons. The minimum absolute atomic E-state index is 0.0822. The maximum atomic E-state index is 12.5. The summed E-state index contributed by atoms with van der Waals surface area (Å²) < 4.78 is 57.8. The van der Waals surface area contributed by atoms with E-state index >= 15 is 0 Å². The molecule has 0 unspecified atom stereocenters. The van der Waals surface area contributed by atoms with Gasteiger partial charge in [-0.3, -0.25) is 24.2 Å². The summed E-state index contributed by atoms with van der Waals surface area (Å²) >= 11 is 0. The molecule has 0 aromatic heterocycles. The molecule has 3 aliphatic heterocycles. The molecule has 3 heterocycles. The maximum absolute atomic E-state index is 12.5. The van der Waals surface area contributed by atoms with Crippen LogP contribution in [0.1, 0.15) is 163 Å². The van der Waals surface area contributed by atoms with Crippen LogP contribution in [-0.2, 0) is 24.9 Å². The Labute approximate surface area is 696 Å². The molecule has 9 aromatic rings. The summed E-state index contributed by atoms with van der Waals surface area (Å²) in [5, 5.41) is 31.3. The minimum Gasteiger partial charge on any atom is -0.396 e. The van der Waals surface area contributed by atoms with Crippen LogP contribution in [0.15, 0.2) is 237 Å². The van der Waals surface area contributed by atoms with Crippen LogP contribution >= 0.6 is 0 Å². The molecule has 117 heavy (non-hydrogen) atoms. The van der Waals surface area contributed by atoms with E-state index in [1.54, 1.807) is 12.1 Å². The molecule has 5 N–H and O–H groups in total. The summed E-state index contributed by atoms with van der Waals surface area (Å²) in [5.74, 6) is 0.253. The molecule has 2 saturated carbocycles. The van der Waals surface area contributed by atoms with E-state index in [0.717, 1.165) is 182 Å². The maximum Gasteiger partial charge on any atom is 0.312 e. The summed E-state index contributed by atoms with van der Waals surface area (Å²) in [7, 11) is -6.89. The van der Waals surface area contributed by atoms with E-state index < -0.39 is 20.1 Å². The summed E-state index contributed by atoms with van der Waals surface area (Å²) in [6.07, 6.45) is 7.00. The van der Waals surface area contributed by atoms with Gasteiger partial charge in [0.2, 0.25) is 15.9 Å². The van der Waals surface area contributed by atoms with Gasteiger partial charge in [0.15, 0.2) is 0 Å². The first kappa shape index (κ1) is 86.7. The van der Waals surface area contributed by atoms with Gasteiger partial charge < -0.3 is 39.5 Å². The predicted molar refractivity (Wildman–Crippen MR) is 484 cm³/mol. The van der Waals surface area contributed by atoms with Gasteiger partial charge in [-0.05, 0) is 262 Å². The first-order valence-corrected chi connectivity index (χ1v) is 45.2. The molecule has 5 aliphatic rings. The van der Waals surface area contributed by atoms with Crippen molar-refractivity contribution in [2.75, 3.05) is 123 Å². The highest BCUT2D eigenvalue weighted by atomic mass is 32.2. The van der Waals surface area contributed by atoms with Gasteiger partial charge in [0.1, 0.15) is 5.75 Å². The number of carbonyl (C=O) groups excluding carboxylic acids is 1. The molecule has 0 radical (unpaired) electrons. The van der Waals surface area contributed by atoms with Crippen molar-refractivity contribution in [3.8, 4) is 5.75 Å². The molecular formula is C98H120N8O9S2. The molecule has 2 aliphatic carbocycles. The van der Waals surface area contributed by atoms with Gasteiger partial charge in [0.25, 0.3) is 0 Å². The highest BCUT2D eigenvalue weighted by Crippen LogP contribution is 2.42. The lowest BCUT2D eigenvalue weighted by Crippen LogP contribution is -2.48. The first-order chi connectivity index (χ1) is 56.7. The van der Waals surface area contributed by atoms with Crippen molar-refractivity contribution >= 4 is 87.9 Å². The standard InChI is InChI=1S/C33H41N3O3S.C33H40N2O4S.C32H39N3O2/c1-25(2)35-20-22-36(23-21-35)30-16-12-28(13-17-30)33(32(9-6-24-37)26-7-4-3-5-8-26)27-10-14-29(15-11-27)34-40(38,39)31-18-19-31;1-25(2)34-20-22-35(23-21-34)29-14-10-27(11-15-29)33(32(9-6-24-36)26-7-4-3-5-8-26)28-12-16-30(17-13-28)39-40(37,38)31-18-19-31;1-24(2)34-19-21-35(22-20-34)30-17-13-28(14-18-30)32(27-11-15-29(16-12-27)33-25(3)37)31(10-7-23-36)26-8-5-4-6-9-26/h3-5,7-8,10-17,25,31,34,37H,6,9,18-24H2,1-2H3;3-5,7-8,10-17,25,31,36H,6,9,18-24H2,1-2H3;4-6,8-9,11-18,24,36H,7,10,19-23H2,1-3H3,(H,33,37)/b33-32-;33-32+;32-31-. The highest BCUT2D eigenvalue weighted by molar-refractivity contribution is 7.93. The summed E-state index contributed by atoms with van der Waals surface area (Å²) in [6.45, 7) is 28.0. The molecule has 0 bridgehead atoms. The van der Waals surface area contributed by atoms with Gasteiger partial charge in [-0.25, -0.2) is 8.42 Å². The molecule has 5 fully saturated rings. The van der Waals surface area contributed by atoms with Crippen molar-refractivity contribution in [3.63, 3.8) is 0 Å². The number of allylic oxidation sites excluding steroid dienone is 3. The number of aliphatic hydroxyl groups excluding tert-OH is 3. The third kappa shape index (κ3) is 23.8. The average Bonchev–Trinajstić information content (AvgIpc) is 1.68. The molecule has 9 aromatic carbocycles. The topological polar surface area (TPSA) is 199 Å². The lowest BCUT2D eigenvalue weighted by molar-refractivity contribution is -0.114. The van der Waals surface area contributed by atoms with Crippen LogP contribution in [0.5, 0.6) is 5.75 Å². The SMILES string of the molecule is CC(=O)Nc1ccc(/C(=C(\CCCO)c2ccccc2)c2ccc(N3CCN(C(C)C)CC3)cc2)cc1.CC(C)N1CCN(c2ccc(/C(=C(/CCCO)c3ccccc3)c3ccc(NS(=O)(=O)C4CC4)cc3)cc2)CC1.CC(C)N1CCN(c2ccc(/C(=C(/CCCO)c3ccccc3)c3ccc(OS(=O)(=O)C4CC4)cc3)cc2)CC1. The largest absolute Gasteiger partial charge is 0.396 e. The summed E-state index contributed by atoms with van der Waals surface area (Å²) in [5.41, 5.74) is 21.7. The Morgan fingerprint density at radius 3 is 0.897 bits per heavy atom. The van der Waals surface area contributed by atoms with Gasteiger partial charge in [0, 0.05) is 152 Å². The zero-order valence-corrected chi connectivity index (χ0v) is 71.0. The Kier molecular flexibility index (Phi) is 30.8. The number of amides is 1. The van der Waals surface area contributed by atoms with Crippen LogP contribution in [0, 0.1) is 0 Å². The third-order valence-electron chi connectivity index (χ3n) is 22.9. The normalized spacial score (nSPS) is 16.5. The molecule has 3 saturated heterocycles. The average molecular weight is 1620 g/mol. The second-order valence-corrected chi connectivity index (χ2v) is 35.9. The minimum atomic E-state index is -3.57. The van der Waals surface area contributed by atoms with Crippen molar-refractivity contribution in [1.82, 2.24) is 14.7 Å². The Balaban J connectivity index is 0.000000162. The van der Waals surface area contributed by atoms with Crippen LogP contribution in [0.4, 0.5) is 28.4 Å². The van der Waals surface area contributed by atoms with Crippen LogP contribution in [0.3, 0.4) is 0 Å². The zero-order chi connectivity index (χ0) is 82.4. The van der Waals surface area contributed by atoms with Gasteiger partial charge in [0.05, 0.1) is 10.5 Å². The number of hydrogen-bond donors (Lipinski definition) is 5. The van der Waals surface area contributed by atoms with Crippen molar-refractivity contribution < 1.29 is 41.1 Å². The number of benzene rings is 9. The van der Waals surface area contributed by atoms with E-state index in [1.807, 2.05) is 91.0 Å². The zero-order valence-electron chi connectivity index (χ0n) is 69.4. The van der Waals surface area contributed by atoms with E-state index in [9.17, 15) is 36.9 Å². The number of sulfonamides is 1. The number of nitrogens with zero attached hydrogens (tertiary/aromatic N) is 6. The summed E-state index contributed by atoms with van der Waals surface area (Å²) in [4.78, 5) is 26.5. The van der Waals surface area contributed by atoms with E-state index in [1.165, 1.54) is 35.1 Å². The fourth-order valence-electron chi connectivity index (χ4n) is 16.0. The molecule has 17 nitrogen and oxygen atoms in total. The van der Waals surface area contributed by atoms with Crippen LogP contribution < -0.4 is 28.9 Å². The Morgan fingerprint density at radius 1 is 0.359 bits per heavy atom. The van der Waals surface area contributed by atoms with Gasteiger partial charge in [-0.1, -0.05) is 164 Å². The second-order valence-electron chi connectivity index (χ2n) is 32.1. The van der Waals surface area contributed by atoms with Gasteiger partial charge >= 0.3 is 10.1 Å². The van der Waals surface area contributed by atoms with Crippen molar-refractivity contribution in [2.45, 2.75) is 141 Å². The smallest absolute Gasteiger partial charge is 0.312 e. The number of piperazine rings is 3. The van der Waals surface area contributed by atoms with Gasteiger partial charge in [-0.2, -0.15) is 8.42 Å². The molecule has 19 heteroatoms. The number of anilines is 5.